The topological polar surface area (TPSA) is 29.1 Å². The third-order valence-electron chi connectivity index (χ3n) is 4.19. The van der Waals surface area contributed by atoms with Crippen LogP contribution in [0.3, 0.4) is 0 Å². The van der Waals surface area contributed by atoms with Crippen molar-refractivity contribution in [1.82, 2.24) is 5.32 Å². The van der Waals surface area contributed by atoms with E-state index in [4.69, 9.17) is 11.6 Å². The van der Waals surface area contributed by atoms with Crippen LogP contribution in [0.4, 0.5) is 0 Å². The van der Waals surface area contributed by atoms with Crippen molar-refractivity contribution in [2.24, 2.45) is 11.8 Å². The molecule has 1 aromatic carbocycles. The summed E-state index contributed by atoms with van der Waals surface area (Å²) in [7, 11) is 0. The molecule has 1 aliphatic rings. The van der Waals surface area contributed by atoms with Gasteiger partial charge < -0.3 is 5.32 Å². The first-order valence-electron chi connectivity index (χ1n) is 7.08. The Labute approximate surface area is 120 Å². The summed E-state index contributed by atoms with van der Waals surface area (Å²) in [4.78, 5) is 12.0. The highest BCUT2D eigenvalue weighted by molar-refractivity contribution is 6.18. The minimum Gasteiger partial charge on any atom is -0.356 e. The largest absolute Gasteiger partial charge is 0.356 e. The number of aryl methyl sites for hydroxylation is 1. The van der Waals surface area contributed by atoms with Crippen LogP contribution >= 0.6 is 11.6 Å². The van der Waals surface area contributed by atoms with E-state index in [-0.39, 0.29) is 5.91 Å². The number of alkyl halides is 1. The molecule has 1 amide bonds. The molecule has 0 spiro atoms. The van der Waals surface area contributed by atoms with E-state index >= 15 is 0 Å². The molecular formula is C16H22ClNO. The normalized spacial score (nSPS) is 22.4. The van der Waals surface area contributed by atoms with Gasteiger partial charge >= 0.3 is 0 Å². The van der Waals surface area contributed by atoms with Gasteiger partial charge in [-0.05, 0) is 42.7 Å². The Bertz CT molecular complexity index is 433. The standard InChI is InChI=1S/C16H22ClNO/c1-12-5-2-3-6-13(12)9-16(19)18-11-15-8-4-7-14(15)10-17/h2-3,5-6,14-15H,4,7-11H2,1H3,(H,18,19). The van der Waals surface area contributed by atoms with Crippen molar-refractivity contribution in [1.29, 1.82) is 0 Å². The number of carbonyl (C=O) groups excluding carboxylic acids is 1. The average molecular weight is 280 g/mol. The van der Waals surface area contributed by atoms with Gasteiger partial charge in [0, 0.05) is 12.4 Å². The quantitative estimate of drug-likeness (QED) is 0.823. The van der Waals surface area contributed by atoms with E-state index in [0.717, 1.165) is 18.0 Å². The van der Waals surface area contributed by atoms with Crippen molar-refractivity contribution in [3.05, 3.63) is 35.4 Å². The number of rotatable bonds is 5. The number of benzene rings is 1. The summed E-state index contributed by atoms with van der Waals surface area (Å²) < 4.78 is 0. The van der Waals surface area contributed by atoms with Crippen molar-refractivity contribution in [2.75, 3.05) is 12.4 Å². The van der Waals surface area contributed by atoms with E-state index in [2.05, 4.69) is 5.32 Å². The number of nitrogens with one attached hydrogen (secondary N) is 1. The van der Waals surface area contributed by atoms with Crippen molar-refractivity contribution in [2.45, 2.75) is 32.6 Å². The molecule has 2 nitrogen and oxygen atoms in total. The first-order chi connectivity index (χ1) is 9.20. The molecule has 0 saturated heterocycles. The van der Waals surface area contributed by atoms with Crippen LogP contribution in [0.2, 0.25) is 0 Å². The predicted molar refractivity (Wildman–Crippen MR) is 79.4 cm³/mol. The van der Waals surface area contributed by atoms with E-state index in [9.17, 15) is 4.79 Å². The molecule has 104 valence electrons. The summed E-state index contributed by atoms with van der Waals surface area (Å²) in [5, 5.41) is 3.07. The fourth-order valence-electron chi connectivity index (χ4n) is 2.87. The maximum atomic E-state index is 12.0. The smallest absolute Gasteiger partial charge is 0.224 e. The van der Waals surface area contributed by atoms with Crippen molar-refractivity contribution >= 4 is 17.5 Å². The molecule has 0 aliphatic heterocycles. The van der Waals surface area contributed by atoms with Crippen molar-refractivity contribution in [3.63, 3.8) is 0 Å². The van der Waals surface area contributed by atoms with Crippen LogP contribution < -0.4 is 5.32 Å². The van der Waals surface area contributed by atoms with Crippen LogP contribution in [0.1, 0.15) is 30.4 Å². The molecule has 1 saturated carbocycles. The van der Waals surface area contributed by atoms with Crippen LogP contribution in [0.15, 0.2) is 24.3 Å². The summed E-state index contributed by atoms with van der Waals surface area (Å²) in [6, 6.07) is 8.05. The van der Waals surface area contributed by atoms with Crippen LogP contribution in [0, 0.1) is 18.8 Å². The molecule has 2 rings (SSSR count). The second kappa shape index (κ2) is 6.95. The van der Waals surface area contributed by atoms with Crippen LogP contribution in [0.5, 0.6) is 0 Å². The van der Waals surface area contributed by atoms with E-state index in [1.165, 1.54) is 24.8 Å². The lowest BCUT2D eigenvalue weighted by Gasteiger charge is -2.17. The molecule has 2 unspecified atom stereocenters. The molecule has 1 N–H and O–H groups in total. The van der Waals surface area contributed by atoms with Gasteiger partial charge in [-0.2, -0.15) is 0 Å². The molecule has 1 fully saturated rings. The lowest BCUT2D eigenvalue weighted by Crippen LogP contribution is -2.32. The van der Waals surface area contributed by atoms with E-state index in [1.807, 2.05) is 31.2 Å². The fourth-order valence-corrected chi connectivity index (χ4v) is 3.28. The van der Waals surface area contributed by atoms with Gasteiger partial charge in [-0.15, -0.1) is 11.6 Å². The Morgan fingerprint density at radius 1 is 1.32 bits per heavy atom. The number of halogens is 1. The zero-order valence-electron chi connectivity index (χ0n) is 11.5. The molecule has 3 heteroatoms. The van der Waals surface area contributed by atoms with E-state index in [1.54, 1.807) is 0 Å². The van der Waals surface area contributed by atoms with Gasteiger partial charge in [0.25, 0.3) is 0 Å². The molecule has 1 aromatic rings. The van der Waals surface area contributed by atoms with Crippen molar-refractivity contribution in [3.8, 4) is 0 Å². The maximum Gasteiger partial charge on any atom is 0.224 e. The summed E-state index contributed by atoms with van der Waals surface area (Å²) in [6.45, 7) is 2.82. The number of hydrogen-bond donors (Lipinski definition) is 1. The zero-order valence-corrected chi connectivity index (χ0v) is 12.2. The number of amides is 1. The van der Waals surface area contributed by atoms with Gasteiger partial charge in [0.1, 0.15) is 0 Å². The summed E-state index contributed by atoms with van der Waals surface area (Å²) in [6.07, 6.45) is 4.13. The highest BCUT2D eigenvalue weighted by atomic mass is 35.5. The second-order valence-corrected chi connectivity index (χ2v) is 5.82. The Balaban J connectivity index is 1.80. The van der Waals surface area contributed by atoms with Gasteiger partial charge in [-0.1, -0.05) is 30.7 Å². The van der Waals surface area contributed by atoms with Gasteiger partial charge in [0.05, 0.1) is 6.42 Å². The molecular weight excluding hydrogens is 258 g/mol. The molecule has 19 heavy (non-hydrogen) atoms. The van der Waals surface area contributed by atoms with Crippen LogP contribution in [-0.2, 0) is 11.2 Å². The number of hydrogen-bond acceptors (Lipinski definition) is 1. The van der Waals surface area contributed by atoms with E-state index in [0.29, 0.717) is 18.3 Å². The fraction of sp³-hybridized carbons (Fsp3) is 0.562. The van der Waals surface area contributed by atoms with Gasteiger partial charge in [0.2, 0.25) is 5.91 Å². The monoisotopic (exact) mass is 279 g/mol. The van der Waals surface area contributed by atoms with Gasteiger partial charge in [-0.25, -0.2) is 0 Å². The Hall–Kier alpha value is -1.02. The second-order valence-electron chi connectivity index (χ2n) is 5.51. The Morgan fingerprint density at radius 2 is 2.05 bits per heavy atom. The molecule has 2 atom stereocenters. The Morgan fingerprint density at radius 3 is 2.79 bits per heavy atom. The van der Waals surface area contributed by atoms with Gasteiger partial charge in [0.15, 0.2) is 0 Å². The SMILES string of the molecule is Cc1ccccc1CC(=O)NCC1CCCC1CCl. The first kappa shape index (κ1) is 14.4. The molecule has 0 aromatic heterocycles. The summed E-state index contributed by atoms with van der Waals surface area (Å²) >= 11 is 5.96. The predicted octanol–water partition coefficient (Wildman–Crippen LogP) is 3.31. The maximum absolute atomic E-state index is 12.0. The Kier molecular flexibility index (Phi) is 5.26. The summed E-state index contributed by atoms with van der Waals surface area (Å²) in [5.41, 5.74) is 2.29. The molecule has 0 bridgehead atoms. The van der Waals surface area contributed by atoms with Gasteiger partial charge in [-0.3, -0.25) is 4.79 Å². The van der Waals surface area contributed by atoms with Crippen LogP contribution in [0.25, 0.3) is 0 Å². The highest BCUT2D eigenvalue weighted by Gasteiger charge is 2.26. The first-order valence-corrected chi connectivity index (χ1v) is 7.61. The third-order valence-corrected chi connectivity index (χ3v) is 4.58. The third kappa shape index (κ3) is 3.97. The average Bonchev–Trinajstić information content (AvgIpc) is 2.86. The zero-order chi connectivity index (χ0) is 13.7. The number of carbonyl (C=O) groups is 1. The lowest BCUT2D eigenvalue weighted by atomic mass is 9.98. The lowest BCUT2D eigenvalue weighted by molar-refractivity contribution is -0.120. The minimum atomic E-state index is 0.120. The minimum absolute atomic E-state index is 0.120. The molecule has 1 aliphatic carbocycles. The van der Waals surface area contributed by atoms with Crippen LogP contribution in [-0.4, -0.2) is 18.3 Å². The summed E-state index contributed by atoms with van der Waals surface area (Å²) in [5.74, 6) is 1.99. The molecule has 0 radical (unpaired) electrons. The highest BCUT2D eigenvalue weighted by Crippen LogP contribution is 2.31. The van der Waals surface area contributed by atoms with E-state index < -0.39 is 0 Å². The van der Waals surface area contributed by atoms with Crippen molar-refractivity contribution < 1.29 is 4.79 Å². The molecule has 0 heterocycles.